The van der Waals surface area contributed by atoms with E-state index in [0.717, 1.165) is 0 Å². The maximum atomic E-state index is 8.82. The summed E-state index contributed by atoms with van der Waals surface area (Å²) in [5.74, 6) is 1.10. The van der Waals surface area contributed by atoms with E-state index in [9.17, 15) is 0 Å². The van der Waals surface area contributed by atoms with Crippen LogP contribution in [0, 0.1) is 22.7 Å². The number of pyridine rings is 2. The molecule has 2 rings (SSSR count). The second-order valence-electron chi connectivity index (χ2n) is 4.32. The molecule has 0 amide bonds. The van der Waals surface area contributed by atoms with Gasteiger partial charge in [0.1, 0.15) is 23.7 Å². The number of nitrogens with two attached hydrogens (primary N) is 1. The molecule has 0 aliphatic carbocycles. The number of nitrogen functional groups attached to an aromatic ring is 1. The number of rotatable bonds is 4. The lowest BCUT2D eigenvalue weighted by molar-refractivity contribution is 1.01. The van der Waals surface area contributed by atoms with Crippen molar-refractivity contribution in [1.82, 2.24) is 9.97 Å². The van der Waals surface area contributed by atoms with Crippen LogP contribution in [0.4, 0.5) is 23.0 Å². The molecule has 2 heterocycles. The van der Waals surface area contributed by atoms with E-state index in [-0.39, 0.29) is 6.04 Å². The van der Waals surface area contributed by atoms with Crippen molar-refractivity contribution in [3.05, 3.63) is 36.2 Å². The Kier molecular flexibility index (Phi) is 4.17. The second-order valence-corrected chi connectivity index (χ2v) is 4.32. The summed E-state index contributed by atoms with van der Waals surface area (Å²) >= 11 is 0. The Balaban J connectivity index is 2.18. The van der Waals surface area contributed by atoms with Crippen molar-refractivity contribution < 1.29 is 0 Å². The third-order valence-corrected chi connectivity index (χ3v) is 2.65. The van der Waals surface area contributed by atoms with Crippen molar-refractivity contribution in [2.24, 2.45) is 0 Å². The molecular formula is C14H13N7. The zero-order valence-electron chi connectivity index (χ0n) is 11.3. The van der Waals surface area contributed by atoms with Crippen LogP contribution in [0.5, 0.6) is 0 Å². The van der Waals surface area contributed by atoms with E-state index >= 15 is 0 Å². The molecule has 0 aromatic carbocycles. The van der Waals surface area contributed by atoms with Gasteiger partial charge in [-0.15, -0.1) is 0 Å². The van der Waals surface area contributed by atoms with E-state index < -0.39 is 0 Å². The molecule has 0 unspecified atom stereocenters. The Hall–Kier alpha value is -3.32. The summed E-state index contributed by atoms with van der Waals surface area (Å²) in [6.45, 7) is 1.73. The molecule has 0 saturated heterocycles. The van der Waals surface area contributed by atoms with Gasteiger partial charge in [0.05, 0.1) is 29.2 Å². The third-order valence-electron chi connectivity index (χ3n) is 2.65. The summed E-state index contributed by atoms with van der Waals surface area (Å²) in [5.41, 5.74) is 7.37. The molecule has 0 aliphatic rings. The summed E-state index contributed by atoms with van der Waals surface area (Å²) in [6, 6.07) is 8.74. The van der Waals surface area contributed by atoms with E-state index in [1.807, 2.05) is 6.07 Å². The van der Waals surface area contributed by atoms with E-state index in [1.54, 1.807) is 25.1 Å². The van der Waals surface area contributed by atoms with Crippen LogP contribution in [0.15, 0.2) is 30.6 Å². The lowest BCUT2D eigenvalue weighted by Crippen LogP contribution is -2.14. The van der Waals surface area contributed by atoms with E-state index in [2.05, 4.69) is 26.7 Å². The Morgan fingerprint density at radius 3 is 2.57 bits per heavy atom. The topological polar surface area (TPSA) is 123 Å². The first-order valence-corrected chi connectivity index (χ1v) is 6.17. The summed E-state index contributed by atoms with van der Waals surface area (Å²) in [6.07, 6.45) is 2.97. The molecule has 7 heteroatoms. The first-order valence-electron chi connectivity index (χ1n) is 6.17. The second kappa shape index (κ2) is 6.22. The van der Waals surface area contributed by atoms with Crippen molar-refractivity contribution in [3.63, 3.8) is 0 Å². The monoisotopic (exact) mass is 279 g/mol. The minimum atomic E-state index is -0.365. The van der Waals surface area contributed by atoms with Crippen molar-refractivity contribution in [2.75, 3.05) is 16.4 Å². The van der Waals surface area contributed by atoms with Crippen LogP contribution in [0.2, 0.25) is 0 Å². The van der Waals surface area contributed by atoms with Gasteiger partial charge >= 0.3 is 0 Å². The molecule has 2 aromatic rings. The molecule has 0 spiro atoms. The normalized spacial score (nSPS) is 11.0. The van der Waals surface area contributed by atoms with Crippen LogP contribution in [0.1, 0.15) is 12.5 Å². The van der Waals surface area contributed by atoms with E-state index in [1.165, 1.54) is 12.4 Å². The van der Waals surface area contributed by atoms with Crippen LogP contribution >= 0.6 is 0 Å². The molecule has 4 N–H and O–H groups in total. The highest BCUT2D eigenvalue weighted by Crippen LogP contribution is 2.23. The van der Waals surface area contributed by atoms with Gasteiger partial charge in [-0.25, -0.2) is 9.97 Å². The fourth-order valence-corrected chi connectivity index (χ4v) is 1.59. The molecule has 0 bridgehead atoms. The minimum Gasteiger partial charge on any atom is -0.396 e. The number of anilines is 4. The molecule has 2 aromatic heterocycles. The van der Waals surface area contributed by atoms with Crippen LogP contribution in [-0.2, 0) is 0 Å². The van der Waals surface area contributed by atoms with Gasteiger partial charge in [0.15, 0.2) is 0 Å². The number of nitrogens with zero attached hydrogens (tertiary/aromatic N) is 4. The van der Waals surface area contributed by atoms with Crippen molar-refractivity contribution in [1.29, 1.82) is 10.5 Å². The van der Waals surface area contributed by atoms with Gasteiger partial charge in [-0.05, 0) is 19.1 Å². The lowest BCUT2D eigenvalue weighted by atomic mass is 10.3. The largest absolute Gasteiger partial charge is 0.396 e. The molecular weight excluding hydrogens is 266 g/mol. The van der Waals surface area contributed by atoms with Gasteiger partial charge in [0.25, 0.3) is 0 Å². The van der Waals surface area contributed by atoms with E-state index in [4.69, 9.17) is 16.3 Å². The first-order chi connectivity index (χ1) is 10.1. The zero-order chi connectivity index (χ0) is 15.2. The summed E-state index contributed by atoms with van der Waals surface area (Å²) in [5, 5.41) is 23.5. The molecule has 0 fully saturated rings. The average molecular weight is 279 g/mol. The number of hydrogen-bond acceptors (Lipinski definition) is 7. The molecule has 0 aliphatic heterocycles. The number of hydrogen-bond donors (Lipinski definition) is 3. The van der Waals surface area contributed by atoms with Crippen LogP contribution in [-0.4, -0.2) is 16.0 Å². The van der Waals surface area contributed by atoms with Crippen molar-refractivity contribution in [2.45, 2.75) is 13.0 Å². The quantitative estimate of drug-likeness (QED) is 0.781. The van der Waals surface area contributed by atoms with Gasteiger partial charge in [-0.3, -0.25) is 0 Å². The molecule has 0 radical (unpaired) electrons. The smallest absolute Gasteiger partial charge is 0.133 e. The number of nitrogens with one attached hydrogen (secondary N) is 2. The predicted molar refractivity (Wildman–Crippen MR) is 79.6 cm³/mol. The van der Waals surface area contributed by atoms with E-state index in [0.29, 0.717) is 28.6 Å². The van der Waals surface area contributed by atoms with Crippen LogP contribution < -0.4 is 16.4 Å². The van der Waals surface area contributed by atoms with Crippen LogP contribution in [0.25, 0.3) is 0 Å². The maximum Gasteiger partial charge on any atom is 0.133 e. The standard InChI is InChI=1S/C14H13N7/c1-9(5-15)20-12-4-14(19-8-11(12)17)21-13-3-2-10(6-16)7-18-13/h2-4,7-9H,17H2,1H3,(H2,18,19,20,21)/t9-/m1/s1. The summed E-state index contributed by atoms with van der Waals surface area (Å²) in [4.78, 5) is 8.24. The number of aromatic nitrogens is 2. The maximum absolute atomic E-state index is 8.82. The molecule has 7 nitrogen and oxygen atoms in total. The van der Waals surface area contributed by atoms with Gasteiger partial charge in [0, 0.05) is 12.3 Å². The summed E-state index contributed by atoms with van der Waals surface area (Å²) < 4.78 is 0. The molecule has 104 valence electrons. The SMILES string of the molecule is C[C@H](C#N)Nc1cc(Nc2ccc(C#N)cn2)ncc1N. The van der Waals surface area contributed by atoms with Gasteiger partial charge in [-0.1, -0.05) is 0 Å². The highest BCUT2D eigenvalue weighted by atomic mass is 15.1. The Bertz CT molecular complexity index is 710. The van der Waals surface area contributed by atoms with Crippen molar-refractivity contribution in [3.8, 4) is 12.1 Å². The Morgan fingerprint density at radius 2 is 1.95 bits per heavy atom. The van der Waals surface area contributed by atoms with Gasteiger partial charge in [-0.2, -0.15) is 10.5 Å². The van der Waals surface area contributed by atoms with Crippen molar-refractivity contribution >= 4 is 23.0 Å². The summed E-state index contributed by atoms with van der Waals surface area (Å²) in [7, 11) is 0. The predicted octanol–water partition coefficient (Wildman–Crippen LogP) is 2.00. The molecule has 21 heavy (non-hydrogen) atoms. The molecule has 1 atom stereocenters. The lowest BCUT2D eigenvalue weighted by Gasteiger charge is -2.12. The average Bonchev–Trinajstić information content (AvgIpc) is 2.51. The molecule has 0 saturated carbocycles. The Morgan fingerprint density at radius 1 is 1.19 bits per heavy atom. The highest BCUT2D eigenvalue weighted by molar-refractivity contribution is 5.71. The first kappa shape index (κ1) is 14.1. The fourth-order valence-electron chi connectivity index (χ4n) is 1.59. The fraction of sp³-hybridized carbons (Fsp3) is 0.143. The zero-order valence-corrected chi connectivity index (χ0v) is 11.3. The third kappa shape index (κ3) is 3.58. The van der Waals surface area contributed by atoms with Gasteiger partial charge < -0.3 is 16.4 Å². The highest BCUT2D eigenvalue weighted by Gasteiger charge is 2.06. The van der Waals surface area contributed by atoms with Crippen LogP contribution in [0.3, 0.4) is 0 Å². The number of nitriles is 2. The minimum absolute atomic E-state index is 0.365. The Labute approximate surface area is 122 Å². The van der Waals surface area contributed by atoms with Gasteiger partial charge in [0.2, 0.25) is 0 Å².